The van der Waals surface area contributed by atoms with Crippen molar-refractivity contribution >= 4 is 23.0 Å². The van der Waals surface area contributed by atoms with Crippen molar-refractivity contribution in [3.8, 4) is 11.1 Å². The number of carbonyl (C=O) groups excluding carboxylic acids is 2. The number of aromatic nitrogens is 1. The van der Waals surface area contributed by atoms with E-state index in [0.717, 1.165) is 24.7 Å². The first-order valence-electron chi connectivity index (χ1n) is 13.6. The quantitative estimate of drug-likeness (QED) is 0.272. The lowest BCUT2D eigenvalue weighted by Crippen LogP contribution is -2.43. The highest BCUT2D eigenvalue weighted by molar-refractivity contribution is 7.88. The average Bonchev–Trinajstić information content (AvgIpc) is 3.40. The summed E-state index contributed by atoms with van der Waals surface area (Å²) in [6.07, 6.45) is 3.44. The van der Waals surface area contributed by atoms with E-state index in [-0.39, 0.29) is 29.0 Å². The molecule has 3 unspecified atom stereocenters. The van der Waals surface area contributed by atoms with Crippen molar-refractivity contribution < 1.29 is 32.1 Å². The van der Waals surface area contributed by atoms with E-state index < -0.39 is 51.7 Å². The second kappa shape index (κ2) is 14.7. The Morgan fingerprint density at radius 2 is 1.70 bits per heavy atom. The lowest BCUT2D eigenvalue weighted by atomic mass is 9.94. The van der Waals surface area contributed by atoms with Gasteiger partial charge in [-0.1, -0.05) is 31.2 Å². The number of benzene rings is 2. The fraction of sp³-hybridized carbons (Fsp3) is 0.344. The molecule has 0 aliphatic carbocycles. The molecule has 0 saturated carbocycles. The first-order valence-corrected chi connectivity index (χ1v) is 15.0. The summed E-state index contributed by atoms with van der Waals surface area (Å²) in [5.74, 6) is -5.07. The van der Waals surface area contributed by atoms with Crippen LogP contribution in [0.3, 0.4) is 0 Å². The number of aldehydes is 1. The predicted octanol–water partition coefficient (Wildman–Crippen LogP) is 4.92. The molecule has 0 bridgehead atoms. The third-order valence-corrected chi connectivity index (χ3v) is 8.03. The molecule has 0 saturated heterocycles. The molecule has 4 rings (SSSR count). The molecular weight excluding hydrogens is 579 g/mol. The Labute approximate surface area is 252 Å². The number of rotatable bonds is 9. The fourth-order valence-corrected chi connectivity index (χ4v) is 5.29. The zero-order valence-corrected chi connectivity index (χ0v) is 25.6. The van der Waals surface area contributed by atoms with Crippen LogP contribution in [0.15, 0.2) is 66.2 Å². The summed E-state index contributed by atoms with van der Waals surface area (Å²) in [6.45, 7) is 6.40. The first-order chi connectivity index (χ1) is 20.2. The van der Waals surface area contributed by atoms with Crippen molar-refractivity contribution in [2.75, 3.05) is 26.4 Å². The second-order valence-electron chi connectivity index (χ2n) is 10.9. The molecule has 43 heavy (non-hydrogen) atoms. The van der Waals surface area contributed by atoms with E-state index in [9.17, 15) is 27.7 Å². The van der Waals surface area contributed by atoms with Gasteiger partial charge in [-0.3, -0.25) is 14.0 Å². The molecule has 1 aliphatic heterocycles. The average molecular weight is 616 g/mol. The molecule has 3 atom stereocenters. The standard InChI is InChI=1S/C28H25F3N2O4S.C4H11N/c1-28(2,36)26-11-17(7-9-32-26)14-33(20-8-10-38(37)16-20)27(35)22(15-34)21-5-3-18(12-24(21)30)19-4-6-23(29)25(31)13-19;1-4-5(2)3/h3-13,15,20,22,36H,14,16H2,1-2H3;4H2,1-3H3. The van der Waals surface area contributed by atoms with Crippen LogP contribution in [0, 0.1) is 17.5 Å². The van der Waals surface area contributed by atoms with Gasteiger partial charge in [-0.15, -0.1) is 0 Å². The summed E-state index contributed by atoms with van der Waals surface area (Å²) < 4.78 is 54.2. The second-order valence-corrected chi connectivity index (χ2v) is 12.3. The van der Waals surface area contributed by atoms with Crippen LogP contribution in [0.4, 0.5) is 13.2 Å². The predicted molar refractivity (Wildman–Crippen MR) is 161 cm³/mol. The Morgan fingerprint density at radius 3 is 2.21 bits per heavy atom. The van der Waals surface area contributed by atoms with Gasteiger partial charge in [0.05, 0.1) is 17.5 Å². The maximum absolute atomic E-state index is 15.2. The molecule has 2 heterocycles. The van der Waals surface area contributed by atoms with Gasteiger partial charge in [-0.2, -0.15) is 0 Å². The molecule has 7 nitrogen and oxygen atoms in total. The minimum absolute atomic E-state index is 0.00443. The van der Waals surface area contributed by atoms with Crippen molar-refractivity contribution in [2.24, 2.45) is 0 Å². The number of pyridine rings is 1. The smallest absolute Gasteiger partial charge is 0.238 e. The van der Waals surface area contributed by atoms with Gasteiger partial charge in [-0.25, -0.2) is 13.2 Å². The highest BCUT2D eigenvalue weighted by atomic mass is 32.2. The van der Waals surface area contributed by atoms with Crippen LogP contribution in [-0.4, -0.2) is 68.7 Å². The van der Waals surface area contributed by atoms with Crippen LogP contribution in [0.1, 0.15) is 43.5 Å². The van der Waals surface area contributed by atoms with Crippen molar-refractivity contribution in [3.63, 3.8) is 0 Å². The van der Waals surface area contributed by atoms with Gasteiger partial charge in [0.25, 0.3) is 0 Å². The molecule has 1 aliphatic rings. The number of amides is 1. The van der Waals surface area contributed by atoms with E-state index in [2.05, 4.69) is 30.9 Å². The van der Waals surface area contributed by atoms with E-state index in [1.54, 1.807) is 32.1 Å². The van der Waals surface area contributed by atoms with Gasteiger partial charge in [0, 0.05) is 34.5 Å². The molecule has 230 valence electrons. The Hall–Kier alpha value is -3.67. The lowest BCUT2D eigenvalue weighted by Gasteiger charge is -2.30. The number of aliphatic hydroxyl groups is 1. The normalized spacial score (nSPS) is 16.9. The summed E-state index contributed by atoms with van der Waals surface area (Å²) in [7, 11) is 2.81. The van der Waals surface area contributed by atoms with Gasteiger partial charge >= 0.3 is 0 Å². The third kappa shape index (κ3) is 8.92. The molecule has 0 spiro atoms. The first kappa shape index (κ1) is 33.8. The zero-order valence-electron chi connectivity index (χ0n) is 24.8. The van der Waals surface area contributed by atoms with E-state index in [1.165, 1.54) is 34.7 Å². The van der Waals surface area contributed by atoms with Crippen molar-refractivity contribution in [1.82, 2.24) is 14.8 Å². The Balaban J connectivity index is 0.000000934. The molecular formula is C32H36F3N3O4S. The summed E-state index contributed by atoms with van der Waals surface area (Å²) in [5.41, 5.74) is 0.0296. The highest BCUT2D eigenvalue weighted by Gasteiger charge is 2.34. The summed E-state index contributed by atoms with van der Waals surface area (Å²) in [4.78, 5) is 33.5. The molecule has 2 aromatic carbocycles. The fourth-order valence-electron chi connectivity index (χ4n) is 4.19. The van der Waals surface area contributed by atoms with E-state index in [0.29, 0.717) is 17.5 Å². The molecule has 1 aromatic heterocycles. The maximum atomic E-state index is 15.2. The van der Waals surface area contributed by atoms with E-state index >= 15 is 4.39 Å². The van der Waals surface area contributed by atoms with Crippen LogP contribution in [0.5, 0.6) is 0 Å². The van der Waals surface area contributed by atoms with E-state index in [1.807, 2.05) is 0 Å². The number of halogens is 3. The van der Waals surface area contributed by atoms with Crippen molar-refractivity contribution in [3.05, 3.63) is 100 Å². The molecule has 11 heteroatoms. The Morgan fingerprint density at radius 1 is 1.07 bits per heavy atom. The topological polar surface area (TPSA) is 90.8 Å². The van der Waals surface area contributed by atoms with Gasteiger partial charge in [-0.05, 0) is 81.5 Å². The largest absolute Gasteiger partial charge is 0.384 e. The van der Waals surface area contributed by atoms with Crippen LogP contribution in [0.25, 0.3) is 11.1 Å². The minimum Gasteiger partial charge on any atom is -0.384 e. The molecule has 1 amide bonds. The Kier molecular flexibility index (Phi) is 11.5. The molecule has 1 N–H and O–H groups in total. The van der Waals surface area contributed by atoms with Crippen LogP contribution in [0.2, 0.25) is 0 Å². The number of hydrogen-bond donors (Lipinski definition) is 1. The maximum Gasteiger partial charge on any atom is 0.238 e. The lowest BCUT2D eigenvalue weighted by molar-refractivity contribution is -0.136. The molecule has 0 radical (unpaired) electrons. The highest BCUT2D eigenvalue weighted by Crippen LogP contribution is 2.29. The van der Waals surface area contributed by atoms with Gasteiger partial charge in [0.15, 0.2) is 11.6 Å². The summed E-state index contributed by atoms with van der Waals surface area (Å²) >= 11 is 0. The van der Waals surface area contributed by atoms with Crippen LogP contribution < -0.4 is 0 Å². The van der Waals surface area contributed by atoms with Crippen molar-refractivity contribution in [1.29, 1.82) is 0 Å². The SMILES string of the molecule is CC(C)(O)c1cc(CN(C(=O)C(C=O)c2ccc(-c3ccc(F)c(F)c3)cc2F)C2C=CS(=O)C2)ccn1.CCN(C)C. The summed E-state index contributed by atoms with van der Waals surface area (Å²) in [6, 6.07) is 9.56. The van der Waals surface area contributed by atoms with Crippen LogP contribution in [-0.2, 0) is 32.5 Å². The summed E-state index contributed by atoms with van der Waals surface area (Å²) in [5, 5.41) is 11.8. The number of nitrogens with zero attached hydrogens (tertiary/aromatic N) is 3. The van der Waals surface area contributed by atoms with Crippen molar-refractivity contribution in [2.45, 2.75) is 44.9 Å². The zero-order chi connectivity index (χ0) is 31.9. The monoisotopic (exact) mass is 615 g/mol. The van der Waals surface area contributed by atoms with E-state index in [4.69, 9.17) is 0 Å². The minimum atomic E-state index is -1.51. The molecule has 0 fully saturated rings. The number of hydrogen-bond acceptors (Lipinski definition) is 6. The van der Waals surface area contributed by atoms with Gasteiger partial charge in [0.2, 0.25) is 5.91 Å². The Bertz CT molecular complexity index is 1510. The van der Waals surface area contributed by atoms with Gasteiger partial charge < -0.3 is 19.7 Å². The molecule has 3 aromatic rings. The third-order valence-electron chi connectivity index (χ3n) is 6.90. The number of carbonyl (C=O) groups is 2. The van der Waals surface area contributed by atoms with Gasteiger partial charge in [0.1, 0.15) is 23.6 Å². The van der Waals surface area contributed by atoms with Crippen LogP contribution >= 0.6 is 0 Å².